The third-order valence-corrected chi connectivity index (χ3v) is 5.70. The van der Waals surface area contributed by atoms with Gasteiger partial charge in [0.15, 0.2) is 0 Å². The number of ether oxygens (including phenoxy) is 1. The zero-order chi connectivity index (χ0) is 22.9. The van der Waals surface area contributed by atoms with Crippen molar-refractivity contribution in [1.29, 1.82) is 0 Å². The van der Waals surface area contributed by atoms with Gasteiger partial charge in [-0.05, 0) is 42.0 Å². The van der Waals surface area contributed by atoms with Gasteiger partial charge in [-0.15, -0.1) is 0 Å². The van der Waals surface area contributed by atoms with Crippen molar-refractivity contribution >= 4 is 33.7 Å². The fourth-order valence-electron chi connectivity index (χ4n) is 2.43. The van der Waals surface area contributed by atoms with Gasteiger partial charge in [-0.25, -0.2) is 13.8 Å². The minimum atomic E-state index is -3.89. The molecule has 10 heteroatoms. The lowest BCUT2D eigenvalue weighted by Crippen LogP contribution is -2.36. The van der Waals surface area contributed by atoms with E-state index < -0.39 is 22.5 Å². The van der Waals surface area contributed by atoms with E-state index >= 15 is 0 Å². The van der Waals surface area contributed by atoms with Crippen LogP contribution in [0.4, 0.5) is 5.69 Å². The first-order valence-corrected chi connectivity index (χ1v) is 10.7. The number of carbonyl (C=O) groups is 2. The Morgan fingerprint density at radius 2 is 1.90 bits per heavy atom. The van der Waals surface area contributed by atoms with Crippen molar-refractivity contribution in [2.24, 2.45) is 5.10 Å². The number of hydrazone groups is 1. The summed E-state index contributed by atoms with van der Waals surface area (Å²) in [6, 6.07) is 12.7. The first kappa shape index (κ1) is 23.8. The largest absolute Gasteiger partial charge is 0.490 e. The van der Waals surface area contributed by atoms with Gasteiger partial charge in [-0.2, -0.15) is 9.41 Å². The van der Waals surface area contributed by atoms with E-state index in [-0.39, 0.29) is 10.8 Å². The van der Waals surface area contributed by atoms with E-state index in [9.17, 15) is 18.0 Å². The molecule has 0 saturated carbocycles. The maximum absolute atomic E-state index is 12.6. The molecule has 0 fully saturated rings. The first-order chi connectivity index (χ1) is 14.7. The Morgan fingerprint density at radius 1 is 1.19 bits per heavy atom. The summed E-state index contributed by atoms with van der Waals surface area (Å²) in [7, 11) is -2.60. The third-order valence-electron chi connectivity index (χ3n) is 3.88. The molecule has 0 unspecified atom stereocenters. The van der Waals surface area contributed by atoms with Crippen LogP contribution in [0.5, 0.6) is 5.75 Å². The molecule has 0 atom stereocenters. The number of nitrogens with one attached hydrogen (secondary N) is 2. The molecule has 0 aliphatic rings. The van der Waals surface area contributed by atoms with Crippen LogP contribution in [-0.4, -0.2) is 51.0 Å². The molecule has 0 aromatic heterocycles. The Labute approximate surface area is 181 Å². The Kier molecular flexibility index (Phi) is 8.47. The standard InChI is InChI=1S/C21H24N4O5S/c1-4-12-30-19-7-5-6-17(13-19)14-22-24-21(27)15-25(3)31(28,29)20-10-8-18(9-11-20)23-16(2)26/h4-11,13-14H,1,12,15H2,2-3H3,(H,23,26)(H,24,27)/b22-14-. The Balaban J connectivity index is 1.94. The van der Waals surface area contributed by atoms with E-state index in [0.717, 1.165) is 4.31 Å². The molecular formula is C21H24N4O5S. The fraction of sp³-hybridized carbons (Fsp3) is 0.190. The maximum Gasteiger partial charge on any atom is 0.255 e. The molecule has 0 bridgehead atoms. The van der Waals surface area contributed by atoms with Gasteiger partial charge in [0, 0.05) is 19.7 Å². The van der Waals surface area contributed by atoms with Gasteiger partial charge in [-0.1, -0.05) is 24.8 Å². The Morgan fingerprint density at radius 3 is 2.55 bits per heavy atom. The molecule has 31 heavy (non-hydrogen) atoms. The second-order valence-electron chi connectivity index (χ2n) is 6.43. The highest BCUT2D eigenvalue weighted by Crippen LogP contribution is 2.17. The molecule has 2 aromatic carbocycles. The summed E-state index contributed by atoms with van der Waals surface area (Å²) in [5.74, 6) is -0.234. The number of rotatable bonds is 10. The molecule has 0 saturated heterocycles. The molecule has 0 heterocycles. The minimum Gasteiger partial charge on any atom is -0.490 e. The van der Waals surface area contributed by atoms with Gasteiger partial charge in [-0.3, -0.25) is 9.59 Å². The highest BCUT2D eigenvalue weighted by Gasteiger charge is 2.22. The zero-order valence-electron chi connectivity index (χ0n) is 17.2. The summed E-state index contributed by atoms with van der Waals surface area (Å²) in [6.07, 6.45) is 3.05. The molecule has 0 aliphatic heterocycles. The lowest BCUT2D eigenvalue weighted by molar-refractivity contribution is -0.121. The van der Waals surface area contributed by atoms with Crippen LogP contribution < -0.4 is 15.5 Å². The van der Waals surface area contributed by atoms with E-state index in [1.807, 2.05) is 0 Å². The number of nitrogens with zero attached hydrogens (tertiary/aromatic N) is 2. The van der Waals surface area contributed by atoms with Crippen molar-refractivity contribution in [3.05, 3.63) is 66.7 Å². The number of benzene rings is 2. The number of hydrogen-bond acceptors (Lipinski definition) is 6. The average Bonchev–Trinajstić information content (AvgIpc) is 2.72. The summed E-state index contributed by atoms with van der Waals surface area (Å²) in [4.78, 5) is 23.1. The predicted molar refractivity (Wildman–Crippen MR) is 118 cm³/mol. The first-order valence-electron chi connectivity index (χ1n) is 9.22. The normalized spacial score (nSPS) is 11.3. The molecule has 2 N–H and O–H groups in total. The summed E-state index contributed by atoms with van der Waals surface area (Å²) < 4.78 is 31.6. The van der Waals surface area contributed by atoms with Crippen LogP contribution in [0, 0.1) is 0 Å². The Bertz CT molecular complexity index is 1070. The van der Waals surface area contributed by atoms with Crippen molar-refractivity contribution < 1.29 is 22.7 Å². The molecule has 164 valence electrons. The van der Waals surface area contributed by atoms with Crippen LogP contribution in [-0.2, 0) is 19.6 Å². The smallest absolute Gasteiger partial charge is 0.255 e. The summed E-state index contributed by atoms with van der Waals surface area (Å²) in [5, 5.41) is 6.40. The van der Waals surface area contributed by atoms with E-state index in [1.54, 1.807) is 30.3 Å². The van der Waals surface area contributed by atoms with Crippen molar-refractivity contribution in [3.63, 3.8) is 0 Å². The van der Waals surface area contributed by atoms with Crippen molar-refractivity contribution in [3.8, 4) is 5.75 Å². The topological polar surface area (TPSA) is 117 Å². The van der Waals surface area contributed by atoms with E-state index in [2.05, 4.69) is 22.4 Å². The zero-order valence-corrected chi connectivity index (χ0v) is 18.1. The van der Waals surface area contributed by atoms with Crippen LogP contribution >= 0.6 is 0 Å². The number of likely N-dealkylation sites (N-methyl/N-ethyl adjacent to an activating group) is 1. The van der Waals surface area contributed by atoms with Crippen molar-refractivity contribution in [2.75, 3.05) is 25.5 Å². The number of amides is 2. The fourth-order valence-corrected chi connectivity index (χ4v) is 3.56. The maximum atomic E-state index is 12.6. The van der Waals surface area contributed by atoms with E-state index in [4.69, 9.17) is 4.74 Å². The van der Waals surface area contributed by atoms with Gasteiger partial charge in [0.05, 0.1) is 17.7 Å². The molecule has 0 aliphatic carbocycles. The van der Waals surface area contributed by atoms with Crippen molar-refractivity contribution in [2.45, 2.75) is 11.8 Å². The summed E-state index contributed by atoms with van der Waals surface area (Å²) >= 11 is 0. The van der Waals surface area contributed by atoms with Crippen LogP contribution in [0.1, 0.15) is 12.5 Å². The monoisotopic (exact) mass is 444 g/mol. The van der Waals surface area contributed by atoms with E-state index in [0.29, 0.717) is 23.6 Å². The molecule has 0 radical (unpaired) electrons. The summed E-state index contributed by atoms with van der Waals surface area (Å²) in [6.45, 7) is 4.88. The molecule has 2 amide bonds. The van der Waals surface area contributed by atoms with Gasteiger partial charge in [0.2, 0.25) is 15.9 Å². The summed E-state index contributed by atoms with van der Waals surface area (Å²) in [5.41, 5.74) is 3.47. The molecule has 2 rings (SSSR count). The average molecular weight is 445 g/mol. The van der Waals surface area contributed by atoms with Gasteiger partial charge in [0.1, 0.15) is 12.4 Å². The van der Waals surface area contributed by atoms with Crippen LogP contribution in [0.2, 0.25) is 0 Å². The molecular weight excluding hydrogens is 420 g/mol. The van der Waals surface area contributed by atoms with Gasteiger partial charge in [0.25, 0.3) is 5.91 Å². The highest BCUT2D eigenvalue weighted by atomic mass is 32.2. The lowest BCUT2D eigenvalue weighted by Gasteiger charge is -2.16. The second-order valence-corrected chi connectivity index (χ2v) is 8.48. The van der Waals surface area contributed by atoms with E-state index in [1.165, 1.54) is 44.5 Å². The predicted octanol–water partition coefficient (Wildman–Crippen LogP) is 1.98. The van der Waals surface area contributed by atoms with Gasteiger partial charge >= 0.3 is 0 Å². The number of carbonyl (C=O) groups excluding carboxylic acids is 2. The Hall–Kier alpha value is -3.50. The van der Waals surface area contributed by atoms with Crippen LogP contribution in [0.25, 0.3) is 0 Å². The van der Waals surface area contributed by atoms with Crippen LogP contribution in [0.15, 0.2) is 71.2 Å². The number of sulfonamides is 1. The highest BCUT2D eigenvalue weighted by molar-refractivity contribution is 7.89. The van der Waals surface area contributed by atoms with Crippen LogP contribution in [0.3, 0.4) is 0 Å². The number of anilines is 1. The quantitative estimate of drug-likeness (QED) is 0.330. The number of hydrogen-bond donors (Lipinski definition) is 2. The SMILES string of the molecule is C=CCOc1cccc(/C=N\NC(=O)CN(C)S(=O)(=O)c2ccc(NC(C)=O)cc2)c1. The molecule has 2 aromatic rings. The molecule has 9 nitrogen and oxygen atoms in total. The lowest BCUT2D eigenvalue weighted by atomic mass is 10.2. The van der Waals surface area contributed by atoms with Crippen molar-refractivity contribution in [1.82, 2.24) is 9.73 Å². The molecule has 0 spiro atoms. The third kappa shape index (κ3) is 7.36. The van der Waals surface area contributed by atoms with Gasteiger partial charge < -0.3 is 10.1 Å². The minimum absolute atomic E-state index is 0.00302. The second kappa shape index (κ2) is 11.0.